The van der Waals surface area contributed by atoms with Crippen molar-refractivity contribution in [1.29, 1.82) is 0 Å². The maximum absolute atomic E-state index is 15.3. The lowest BCUT2D eigenvalue weighted by atomic mass is 9.78. The Morgan fingerprint density at radius 3 is 2.54 bits per heavy atom. The maximum Gasteiger partial charge on any atom is 0.268 e. The molecule has 0 atom stereocenters. The number of pyridine rings is 2. The van der Waals surface area contributed by atoms with Gasteiger partial charge in [-0.05, 0) is 60.7 Å². The van der Waals surface area contributed by atoms with Crippen LogP contribution in [0.25, 0.3) is 27.8 Å². The summed E-state index contributed by atoms with van der Waals surface area (Å²) in [5.74, 6) is -0.619. The number of hydrogen-bond acceptors (Lipinski definition) is 3. The number of rotatable bonds is 3. The van der Waals surface area contributed by atoms with E-state index < -0.39 is 11.6 Å². The Balaban J connectivity index is 1.85. The first-order chi connectivity index (χ1) is 13.4. The van der Waals surface area contributed by atoms with Gasteiger partial charge in [0.2, 0.25) is 0 Å². The highest BCUT2D eigenvalue weighted by Crippen LogP contribution is 2.46. The predicted molar refractivity (Wildman–Crippen MR) is 106 cm³/mol. The second-order valence-electron chi connectivity index (χ2n) is 7.17. The van der Waals surface area contributed by atoms with Crippen molar-refractivity contribution >= 4 is 34.2 Å². The van der Waals surface area contributed by atoms with Crippen LogP contribution < -0.4 is 5.73 Å². The van der Waals surface area contributed by atoms with Crippen molar-refractivity contribution < 1.29 is 9.18 Å². The number of primary amides is 1. The number of nitrogens with two attached hydrogens (primary N) is 1. The van der Waals surface area contributed by atoms with E-state index >= 15 is 4.39 Å². The summed E-state index contributed by atoms with van der Waals surface area (Å²) in [5.41, 5.74) is 7.35. The molecule has 0 bridgehead atoms. The largest absolute Gasteiger partial charge is 0.364 e. The van der Waals surface area contributed by atoms with Gasteiger partial charge < -0.3 is 5.73 Å². The highest BCUT2D eigenvalue weighted by molar-refractivity contribution is 6.30. The van der Waals surface area contributed by atoms with Gasteiger partial charge in [-0.15, -0.1) is 0 Å². The summed E-state index contributed by atoms with van der Waals surface area (Å²) in [4.78, 5) is 20.4. The number of halogens is 2. The molecule has 3 aromatic heterocycles. The fraction of sp³-hybridized carbons (Fsp3) is 0.190. The molecule has 1 amide bonds. The van der Waals surface area contributed by atoms with Crippen molar-refractivity contribution in [2.24, 2.45) is 5.73 Å². The van der Waals surface area contributed by atoms with Gasteiger partial charge in [0, 0.05) is 16.6 Å². The molecule has 0 saturated heterocycles. The Hall–Kier alpha value is -2.99. The van der Waals surface area contributed by atoms with Crippen LogP contribution in [-0.2, 0) is 5.67 Å². The first-order valence-corrected chi connectivity index (χ1v) is 9.40. The summed E-state index contributed by atoms with van der Waals surface area (Å²) in [5, 5.41) is 1.46. The van der Waals surface area contributed by atoms with E-state index in [4.69, 9.17) is 17.3 Å². The topological polar surface area (TPSA) is 73.3 Å². The number of amides is 1. The third kappa shape index (κ3) is 2.56. The quantitative estimate of drug-likeness (QED) is 0.549. The fourth-order valence-corrected chi connectivity index (χ4v) is 3.81. The molecule has 0 radical (unpaired) electrons. The molecule has 2 N–H and O–H groups in total. The van der Waals surface area contributed by atoms with E-state index in [-0.39, 0.29) is 5.69 Å². The van der Waals surface area contributed by atoms with Crippen molar-refractivity contribution in [3.63, 3.8) is 0 Å². The van der Waals surface area contributed by atoms with E-state index in [1.807, 2.05) is 24.3 Å². The second-order valence-corrected chi connectivity index (χ2v) is 7.61. The van der Waals surface area contributed by atoms with Crippen molar-refractivity contribution in [2.75, 3.05) is 0 Å². The average Bonchev–Trinajstić information content (AvgIpc) is 3.11. The van der Waals surface area contributed by atoms with Gasteiger partial charge in [0.1, 0.15) is 17.0 Å². The van der Waals surface area contributed by atoms with Crippen LogP contribution in [-0.4, -0.2) is 20.3 Å². The molecule has 1 fully saturated rings. The predicted octanol–water partition coefficient (Wildman–Crippen LogP) is 4.65. The number of nitrogens with zero attached hydrogens (tertiary/aromatic N) is 3. The van der Waals surface area contributed by atoms with E-state index in [1.54, 1.807) is 28.8 Å². The molecule has 28 heavy (non-hydrogen) atoms. The summed E-state index contributed by atoms with van der Waals surface area (Å²) in [6, 6.07) is 12.9. The SMILES string of the molecule is NC(=O)c1cn2c(ccc3c(-c4ccc(Cl)cc4)cc(C4(F)CCC4)nc32)n1. The normalized spacial score (nSPS) is 15.6. The van der Waals surface area contributed by atoms with Crippen molar-refractivity contribution in [3.05, 3.63) is 65.1 Å². The zero-order chi connectivity index (χ0) is 19.5. The lowest BCUT2D eigenvalue weighted by Crippen LogP contribution is -2.30. The minimum absolute atomic E-state index is 0.145. The zero-order valence-electron chi connectivity index (χ0n) is 14.8. The van der Waals surface area contributed by atoms with Crippen molar-refractivity contribution in [1.82, 2.24) is 14.4 Å². The summed E-state index contributed by atoms with van der Waals surface area (Å²) < 4.78 is 17.0. The van der Waals surface area contributed by atoms with Gasteiger partial charge >= 0.3 is 0 Å². The van der Waals surface area contributed by atoms with E-state index in [1.165, 1.54) is 0 Å². The minimum atomic E-state index is -1.43. The number of alkyl halides is 1. The molecule has 0 aliphatic heterocycles. The third-order valence-electron chi connectivity index (χ3n) is 5.41. The lowest BCUT2D eigenvalue weighted by Gasteiger charge is -2.33. The third-order valence-corrected chi connectivity index (χ3v) is 5.66. The van der Waals surface area contributed by atoms with Crippen LogP contribution >= 0.6 is 11.6 Å². The number of aromatic nitrogens is 3. The van der Waals surface area contributed by atoms with Gasteiger partial charge in [-0.3, -0.25) is 9.20 Å². The molecule has 3 heterocycles. The number of benzene rings is 1. The number of carbonyl (C=O) groups is 1. The van der Waals surface area contributed by atoms with Crippen LogP contribution in [0, 0.1) is 0 Å². The molecule has 4 aromatic rings. The molecule has 7 heteroatoms. The summed E-state index contributed by atoms with van der Waals surface area (Å²) in [6.45, 7) is 0. The van der Waals surface area contributed by atoms with E-state index in [0.29, 0.717) is 34.9 Å². The van der Waals surface area contributed by atoms with Gasteiger partial charge in [-0.1, -0.05) is 23.7 Å². The van der Waals surface area contributed by atoms with Crippen molar-refractivity contribution in [3.8, 4) is 11.1 Å². The first kappa shape index (κ1) is 17.1. The van der Waals surface area contributed by atoms with E-state index in [2.05, 4.69) is 9.97 Å². The lowest BCUT2D eigenvalue weighted by molar-refractivity contribution is 0.0563. The van der Waals surface area contributed by atoms with Crippen LogP contribution in [0.4, 0.5) is 4.39 Å². The maximum atomic E-state index is 15.3. The molecule has 0 unspecified atom stereocenters. The number of fused-ring (bicyclic) bond motifs is 3. The molecule has 1 aromatic carbocycles. The van der Waals surface area contributed by atoms with Crippen molar-refractivity contribution in [2.45, 2.75) is 24.9 Å². The highest BCUT2D eigenvalue weighted by Gasteiger charge is 2.41. The molecule has 1 saturated carbocycles. The summed E-state index contributed by atoms with van der Waals surface area (Å²) in [6.07, 6.45) is 3.30. The van der Waals surface area contributed by atoms with Gasteiger partial charge in [0.05, 0.1) is 5.69 Å². The molecule has 0 spiro atoms. The van der Waals surface area contributed by atoms with Gasteiger partial charge in [-0.2, -0.15) is 0 Å². The molecule has 1 aliphatic rings. The number of imidazole rings is 1. The van der Waals surface area contributed by atoms with Crippen LogP contribution in [0.1, 0.15) is 35.4 Å². The number of hydrogen-bond donors (Lipinski definition) is 1. The van der Waals surface area contributed by atoms with Crippen LogP contribution in [0.3, 0.4) is 0 Å². The first-order valence-electron chi connectivity index (χ1n) is 9.03. The molecular formula is C21H16ClFN4O. The average molecular weight is 395 g/mol. The van der Waals surface area contributed by atoms with Gasteiger partial charge in [0.25, 0.3) is 5.91 Å². The standard InChI is InChI=1S/C21H16ClFN4O/c22-13-4-2-12(3-5-13)15-10-17(21(23)8-1-9-21)26-20-14(15)6-7-18-25-16(19(24)28)11-27(18)20/h2-7,10-11H,1,8-9H2,(H2,24,28). The Kier molecular flexibility index (Phi) is 3.67. The molecule has 140 valence electrons. The summed E-state index contributed by atoms with van der Waals surface area (Å²) in [7, 11) is 0. The Morgan fingerprint density at radius 1 is 1.14 bits per heavy atom. The fourth-order valence-electron chi connectivity index (χ4n) is 3.69. The molecule has 5 nitrogen and oxygen atoms in total. The molecular weight excluding hydrogens is 379 g/mol. The summed E-state index contributed by atoms with van der Waals surface area (Å²) >= 11 is 6.03. The van der Waals surface area contributed by atoms with E-state index in [0.717, 1.165) is 22.9 Å². The van der Waals surface area contributed by atoms with Gasteiger partial charge in [-0.25, -0.2) is 14.4 Å². The Labute approximate surface area is 165 Å². The van der Waals surface area contributed by atoms with E-state index in [9.17, 15) is 4.79 Å². The minimum Gasteiger partial charge on any atom is -0.364 e. The Bertz CT molecular complexity index is 1240. The second kappa shape index (κ2) is 6.01. The number of carbonyl (C=O) groups excluding carboxylic acids is 1. The Morgan fingerprint density at radius 2 is 1.89 bits per heavy atom. The molecule has 5 rings (SSSR count). The van der Waals surface area contributed by atoms with Crippen LogP contribution in [0.15, 0.2) is 48.7 Å². The molecule has 1 aliphatic carbocycles. The van der Waals surface area contributed by atoms with Gasteiger partial charge in [0.15, 0.2) is 5.67 Å². The zero-order valence-corrected chi connectivity index (χ0v) is 15.6. The van der Waals surface area contributed by atoms with Crippen LogP contribution in [0.2, 0.25) is 5.02 Å². The highest BCUT2D eigenvalue weighted by atomic mass is 35.5. The smallest absolute Gasteiger partial charge is 0.268 e. The monoisotopic (exact) mass is 394 g/mol. The van der Waals surface area contributed by atoms with Crippen LogP contribution in [0.5, 0.6) is 0 Å².